The van der Waals surface area contributed by atoms with Crippen molar-refractivity contribution in [3.8, 4) is 0 Å². The summed E-state index contributed by atoms with van der Waals surface area (Å²) in [4.78, 5) is 28.7. The van der Waals surface area contributed by atoms with Crippen molar-refractivity contribution in [2.24, 2.45) is 0 Å². The lowest BCUT2D eigenvalue weighted by Gasteiger charge is -1.71. The highest BCUT2D eigenvalue weighted by atomic mass is 16.2. The van der Waals surface area contributed by atoms with E-state index in [0.717, 1.165) is 0 Å². The van der Waals surface area contributed by atoms with Gasteiger partial charge in [-0.3, -0.25) is 0 Å². The number of aliphatic hydroxyl groups is 1. The minimum Gasteiger partial charge on any atom is -0.412 e. The largest absolute Gasteiger partial charge is 0.412 e. The molecule has 3 N–H and O–H groups in total. The number of carbonyl (C=O) groups excluding carboxylic acids is 3. The Balaban J connectivity index is -0.0000000375. The Morgan fingerprint density at radius 3 is 0.882 bits per heavy atom. The molecule has 0 amide bonds. The summed E-state index contributed by atoms with van der Waals surface area (Å²) in [6.45, 7) is 11.5. The molecule has 0 aliphatic carbocycles. The van der Waals surface area contributed by atoms with Gasteiger partial charge in [0.15, 0.2) is 0 Å². The van der Waals surface area contributed by atoms with E-state index in [2.05, 4.69) is 0 Å². The van der Waals surface area contributed by atoms with Gasteiger partial charge in [-0.1, -0.05) is 6.92 Å². The molecule has 0 unspecified atom stereocenters. The lowest BCUT2D eigenvalue weighted by molar-refractivity contribution is -0.117. The van der Waals surface area contributed by atoms with E-state index in [1.165, 1.54) is 27.7 Å². The van der Waals surface area contributed by atoms with Crippen LogP contribution in [0.5, 0.6) is 0 Å². The fourth-order valence-corrected chi connectivity index (χ4v) is 0. The fourth-order valence-electron chi connectivity index (χ4n) is 0. The Hall–Kier alpha value is -1.07. The number of aliphatic hydroxyl groups excluding tert-OH is 1. The summed E-state index contributed by atoms with van der Waals surface area (Å²) in [6.07, 6.45) is 0.667. The summed E-state index contributed by atoms with van der Waals surface area (Å²) < 4.78 is 0. The molecule has 0 aromatic carbocycles. The van der Waals surface area contributed by atoms with Crippen molar-refractivity contribution in [3.05, 3.63) is 0 Å². The molecule has 5 nitrogen and oxygen atoms in total. The van der Waals surface area contributed by atoms with Crippen LogP contribution in [0.2, 0.25) is 0 Å². The summed E-state index contributed by atoms with van der Waals surface area (Å²) in [5.74, 6) is 0.588. The highest BCUT2D eigenvalue weighted by molar-refractivity contribution is 5.74. The van der Waals surface area contributed by atoms with E-state index in [4.69, 9.17) is 5.11 Å². The number of ketones is 3. The second-order valence-electron chi connectivity index (χ2n) is 3.19. The Morgan fingerprint density at radius 1 is 0.824 bits per heavy atom. The first kappa shape index (κ1) is 29.7. The molecule has 0 radical (unpaired) electrons. The molecule has 5 heteroatoms. The van der Waals surface area contributed by atoms with Crippen molar-refractivity contribution in [1.29, 1.82) is 0 Å². The third-order valence-corrected chi connectivity index (χ3v) is 0.498. The van der Waals surface area contributed by atoms with Crippen LogP contribution < -0.4 is 0 Å². The molecule has 0 aromatic rings. The van der Waals surface area contributed by atoms with Gasteiger partial charge in [-0.2, -0.15) is 0 Å². The molecule has 0 saturated heterocycles. The van der Waals surface area contributed by atoms with Crippen LogP contribution in [0, 0.1) is 0 Å². The Bertz CT molecular complexity index is 156. The van der Waals surface area contributed by atoms with Crippen LogP contribution in [0.1, 0.15) is 54.9 Å². The molecule has 17 heavy (non-hydrogen) atoms. The van der Waals surface area contributed by atoms with Gasteiger partial charge in [-0.25, -0.2) is 0 Å². The standard InChI is InChI=1S/C4H8O.2C3H6O.C2H6O.H2O/c1-3-4(2)5;2*1-3(2)4;1-2-3;/h3H2,1-2H3;2*1-2H3;3H,2H2,1H3;1H2. The molecule has 0 aromatic heterocycles. The van der Waals surface area contributed by atoms with Crippen LogP contribution in [0.4, 0.5) is 0 Å². The summed E-state index contributed by atoms with van der Waals surface area (Å²) >= 11 is 0. The fraction of sp³-hybridized carbons (Fsp3) is 0.750. The van der Waals surface area contributed by atoms with Gasteiger partial charge in [-0.15, -0.1) is 0 Å². The average molecular weight is 252 g/mol. The maximum atomic E-state index is 9.81. The van der Waals surface area contributed by atoms with E-state index in [-0.39, 0.29) is 29.4 Å². The molecule has 0 rings (SSSR count). The first-order valence-electron chi connectivity index (χ1n) is 5.20. The zero-order chi connectivity index (χ0) is 14.1. The van der Waals surface area contributed by atoms with E-state index >= 15 is 0 Å². The van der Waals surface area contributed by atoms with E-state index in [0.29, 0.717) is 6.42 Å². The van der Waals surface area contributed by atoms with Gasteiger partial charge < -0.3 is 25.0 Å². The van der Waals surface area contributed by atoms with Crippen molar-refractivity contribution in [3.63, 3.8) is 0 Å². The molecular formula is C12H28O5. The minimum absolute atomic E-state index is 0. The first-order valence-corrected chi connectivity index (χ1v) is 5.20. The van der Waals surface area contributed by atoms with Gasteiger partial charge in [0.25, 0.3) is 0 Å². The molecule has 0 aliphatic heterocycles. The quantitative estimate of drug-likeness (QED) is 0.760. The maximum absolute atomic E-state index is 9.81. The molecule has 106 valence electrons. The zero-order valence-corrected chi connectivity index (χ0v) is 12.1. The second kappa shape index (κ2) is 29.4. The van der Waals surface area contributed by atoms with Crippen molar-refractivity contribution in [1.82, 2.24) is 0 Å². The van der Waals surface area contributed by atoms with Crippen LogP contribution in [-0.4, -0.2) is 34.5 Å². The van der Waals surface area contributed by atoms with Crippen LogP contribution in [0.3, 0.4) is 0 Å². The maximum Gasteiger partial charge on any atom is 0.129 e. The van der Waals surface area contributed by atoms with Crippen molar-refractivity contribution in [2.45, 2.75) is 54.9 Å². The molecule has 0 spiro atoms. The Morgan fingerprint density at radius 2 is 0.882 bits per heavy atom. The lowest BCUT2D eigenvalue weighted by atomic mass is 10.4. The average Bonchev–Trinajstić information content (AvgIpc) is 2.03. The van der Waals surface area contributed by atoms with Crippen LogP contribution in [-0.2, 0) is 14.4 Å². The molecular weight excluding hydrogens is 224 g/mol. The third-order valence-electron chi connectivity index (χ3n) is 0.498. The third kappa shape index (κ3) is 2890. The number of rotatable bonds is 1. The highest BCUT2D eigenvalue weighted by Crippen LogP contribution is 1.71. The summed E-state index contributed by atoms with van der Waals surface area (Å²) in [5, 5.41) is 7.57. The summed E-state index contributed by atoms with van der Waals surface area (Å²) in [5.41, 5.74) is 0. The van der Waals surface area contributed by atoms with Gasteiger partial charge in [0.05, 0.1) is 0 Å². The highest BCUT2D eigenvalue weighted by Gasteiger charge is 1.76. The smallest absolute Gasteiger partial charge is 0.129 e. The van der Waals surface area contributed by atoms with E-state index < -0.39 is 0 Å². The van der Waals surface area contributed by atoms with Crippen molar-refractivity contribution >= 4 is 17.3 Å². The lowest BCUT2D eigenvalue weighted by Crippen LogP contribution is -1.80. The van der Waals surface area contributed by atoms with Crippen LogP contribution in [0.15, 0.2) is 0 Å². The van der Waals surface area contributed by atoms with Gasteiger partial charge in [0.2, 0.25) is 0 Å². The molecule has 0 heterocycles. The molecule has 0 aliphatic rings. The van der Waals surface area contributed by atoms with Gasteiger partial charge in [0.1, 0.15) is 17.3 Å². The summed E-state index contributed by atoms with van der Waals surface area (Å²) in [7, 11) is 0. The monoisotopic (exact) mass is 252 g/mol. The topological polar surface area (TPSA) is 103 Å². The molecule has 0 bridgehead atoms. The Labute approximate surface area is 105 Å². The van der Waals surface area contributed by atoms with Gasteiger partial charge in [0, 0.05) is 13.0 Å². The molecule has 0 atom stereocenters. The van der Waals surface area contributed by atoms with Crippen LogP contribution in [0.25, 0.3) is 0 Å². The predicted molar refractivity (Wildman–Crippen MR) is 70.1 cm³/mol. The zero-order valence-electron chi connectivity index (χ0n) is 12.1. The Kier molecular flexibility index (Phi) is 51.4. The predicted octanol–water partition coefficient (Wildman–Crippen LogP) is 1.35. The van der Waals surface area contributed by atoms with Crippen molar-refractivity contribution < 1.29 is 25.0 Å². The number of carbonyl (C=O) groups is 3. The molecule has 0 fully saturated rings. The minimum atomic E-state index is 0. The second-order valence-corrected chi connectivity index (χ2v) is 3.19. The van der Waals surface area contributed by atoms with E-state index in [1.807, 2.05) is 6.92 Å². The van der Waals surface area contributed by atoms with E-state index in [1.54, 1.807) is 13.8 Å². The van der Waals surface area contributed by atoms with E-state index in [9.17, 15) is 14.4 Å². The van der Waals surface area contributed by atoms with Gasteiger partial charge >= 0.3 is 0 Å². The normalized spacial score (nSPS) is 6.35. The first-order chi connectivity index (χ1) is 7.15. The molecule has 0 saturated carbocycles. The number of hydrogen-bond donors (Lipinski definition) is 1. The van der Waals surface area contributed by atoms with Crippen LogP contribution >= 0.6 is 0 Å². The summed E-state index contributed by atoms with van der Waals surface area (Å²) in [6, 6.07) is 0. The SMILES string of the molecule is CC(C)=O.CC(C)=O.CCC(C)=O.CCO.O. The van der Waals surface area contributed by atoms with Crippen molar-refractivity contribution in [2.75, 3.05) is 6.61 Å². The van der Waals surface area contributed by atoms with Gasteiger partial charge in [-0.05, 0) is 41.5 Å². The number of hydrogen-bond acceptors (Lipinski definition) is 4. The number of Topliss-reactive ketones (excluding diaryl/α,β-unsaturated/α-hetero) is 3.